The summed E-state index contributed by atoms with van der Waals surface area (Å²) in [6.07, 6.45) is 1.71. The standard InChI is InChI=1S/C10H11N4O3/c1-5-4-14-6-7(11-9(14)17-5)12(2)10(16)13(3)8(6)15/h4,6H,1-3H3/q+1. The van der Waals surface area contributed by atoms with Gasteiger partial charge in [-0.25, -0.2) is 4.79 Å². The van der Waals surface area contributed by atoms with Crippen LogP contribution in [-0.2, 0) is 4.79 Å². The van der Waals surface area contributed by atoms with Crippen LogP contribution >= 0.6 is 0 Å². The quantitative estimate of drug-likeness (QED) is 0.593. The Hall–Kier alpha value is -2.18. The number of aliphatic imine (C=N–C) groups is 1. The van der Waals surface area contributed by atoms with Gasteiger partial charge in [0.15, 0.2) is 0 Å². The number of nitrogens with zero attached hydrogens (tertiary/aromatic N) is 4. The van der Waals surface area contributed by atoms with Gasteiger partial charge in [-0.05, 0) is 6.92 Å². The first-order valence-corrected chi connectivity index (χ1v) is 5.16. The second kappa shape index (κ2) is 2.93. The van der Waals surface area contributed by atoms with E-state index < -0.39 is 6.04 Å². The summed E-state index contributed by atoms with van der Waals surface area (Å²) in [5.41, 5.74) is 0. The average Bonchev–Trinajstić information content (AvgIpc) is 2.79. The highest BCUT2D eigenvalue weighted by atomic mass is 16.4. The van der Waals surface area contributed by atoms with Gasteiger partial charge in [-0.2, -0.15) is 4.57 Å². The van der Waals surface area contributed by atoms with Gasteiger partial charge in [0.1, 0.15) is 12.0 Å². The summed E-state index contributed by atoms with van der Waals surface area (Å²) in [5.74, 6) is 0.797. The fourth-order valence-corrected chi connectivity index (χ4v) is 2.11. The minimum Gasteiger partial charge on any atom is -0.390 e. The van der Waals surface area contributed by atoms with Crippen LogP contribution < -0.4 is 4.57 Å². The van der Waals surface area contributed by atoms with Crippen LogP contribution in [0.25, 0.3) is 0 Å². The summed E-state index contributed by atoms with van der Waals surface area (Å²) >= 11 is 0. The predicted molar refractivity (Wildman–Crippen MR) is 55.7 cm³/mol. The van der Waals surface area contributed by atoms with E-state index in [9.17, 15) is 9.59 Å². The Kier molecular flexibility index (Phi) is 1.73. The number of carbonyl (C=O) groups is 2. The van der Waals surface area contributed by atoms with Crippen molar-refractivity contribution in [2.24, 2.45) is 4.99 Å². The molecule has 0 aliphatic carbocycles. The highest BCUT2D eigenvalue weighted by molar-refractivity contribution is 6.18. The molecule has 2 aliphatic rings. The molecule has 1 atom stereocenters. The molecule has 1 unspecified atom stereocenters. The largest absolute Gasteiger partial charge is 0.506 e. The summed E-state index contributed by atoms with van der Waals surface area (Å²) in [4.78, 5) is 30.4. The van der Waals surface area contributed by atoms with Crippen molar-refractivity contribution in [1.82, 2.24) is 9.80 Å². The Labute approximate surface area is 96.9 Å². The van der Waals surface area contributed by atoms with Gasteiger partial charge in [-0.1, -0.05) is 0 Å². The number of hydrogen-bond acceptors (Lipinski definition) is 4. The summed E-state index contributed by atoms with van der Waals surface area (Å²) in [5, 5.41) is 0. The number of aromatic nitrogens is 1. The molecule has 0 radical (unpaired) electrons. The smallest absolute Gasteiger partial charge is 0.390 e. The molecule has 1 fully saturated rings. The van der Waals surface area contributed by atoms with Crippen LogP contribution in [0.15, 0.2) is 15.6 Å². The molecule has 88 valence electrons. The maximum absolute atomic E-state index is 12.1. The molecular formula is C10H11N4O3+. The summed E-state index contributed by atoms with van der Waals surface area (Å²) in [6, 6.07) is -0.617. The number of likely N-dealkylation sites (N-methyl/N-ethyl adjacent to an activating group) is 2. The highest BCUT2D eigenvalue weighted by Crippen LogP contribution is 2.27. The Bertz CT molecular complexity index is 574. The summed E-state index contributed by atoms with van der Waals surface area (Å²) < 4.78 is 7.00. The van der Waals surface area contributed by atoms with Crippen LogP contribution in [0.4, 0.5) is 10.8 Å². The van der Waals surface area contributed by atoms with E-state index in [4.69, 9.17) is 4.42 Å². The minimum atomic E-state index is -0.588. The number of amidine groups is 1. The molecule has 0 saturated carbocycles. The van der Waals surface area contributed by atoms with E-state index in [2.05, 4.69) is 4.99 Å². The van der Waals surface area contributed by atoms with E-state index in [0.29, 0.717) is 17.6 Å². The van der Waals surface area contributed by atoms with Crippen molar-refractivity contribution in [3.63, 3.8) is 0 Å². The Morgan fingerprint density at radius 2 is 2.06 bits per heavy atom. The Balaban J connectivity index is 2.16. The molecule has 1 aromatic heterocycles. The minimum absolute atomic E-state index is 0.295. The number of rotatable bonds is 0. The molecule has 0 bridgehead atoms. The number of urea groups is 1. The molecule has 3 heterocycles. The van der Waals surface area contributed by atoms with Gasteiger partial charge in [-0.15, -0.1) is 0 Å². The van der Waals surface area contributed by atoms with E-state index in [1.807, 2.05) is 0 Å². The van der Waals surface area contributed by atoms with Crippen molar-refractivity contribution in [3.8, 4) is 0 Å². The van der Waals surface area contributed by atoms with Gasteiger partial charge in [0, 0.05) is 19.1 Å². The van der Waals surface area contributed by atoms with Crippen molar-refractivity contribution in [3.05, 3.63) is 12.0 Å². The second-order valence-corrected chi connectivity index (χ2v) is 4.14. The van der Waals surface area contributed by atoms with Gasteiger partial charge in [0.25, 0.3) is 17.8 Å². The third-order valence-corrected chi connectivity index (χ3v) is 3.01. The van der Waals surface area contributed by atoms with Crippen LogP contribution in [-0.4, -0.2) is 41.7 Å². The maximum Gasteiger partial charge on any atom is 0.506 e. The molecule has 1 aromatic rings. The van der Waals surface area contributed by atoms with Crippen molar-refractivity contribution < 1.29 is 18.6 Å². The third-order valence-electron chi connectivity index (χ3n) is 3.01. The van der Waals surface area contributed by atoms with Crippen LogP contribution in [0.2, 0.25) is 0 Å². The lowest BCUT2D eigenvalue weighted by Gasteiger charge is -2.29. The maximum atomic E-state index is 12.1. The number of oxazole rings is 1. The van der Waals surface area contributed by atoms with Gasteiger partial charge in [0.05, 0.1) is 0 Å². The first-order valence-electron chi connectivity index (χ1n) is 5.16. The number of hydrogen-bond donors (Lipinski definition) is 0. The molecule has 17 heavy (non-hydrogen) atoms. The highest BCUT2D eigenvalue weighted by Gasteiger charge is 2.53. The van der Waals surface area contributed by atoms with Crippen LogP contribution in [0.3, 0.4) is 0 Å². The monoisotopic (exact) mass is 235 g/mol. The lowest BCUT2D eigenvalue weighted by molar-refractivity contribution is -0.679. The Morgan fingerprint density at radius 1 is 1.35 bits per heavy atom. The topological polar surface area (TPSA) is 70.0 Å². The molecule has 3 amide bonds. The molecule has 7 nitrogen and oxygen atoms in total. The average molecular weight is 235 g/mol. The molecule has 0 aromatic carbocycles. The van der Waals surface area contributed by atoms with Crippen molar-refractivity contribution in [2.45, 2.75) is 13.0 Å². The molecule has 3 rings (SSSR count). The first kappa shape index (κ1) is 10.0. The normalized spacial score (nSPS) is 22.8. The number of aryl methyl sites for hydroxylation is 1. The molecule has 0 spiro atoms. The molecule has 2 aliphatic heterocycles. The zero-order valence-corrected chi connectivity index (χ0v) is 9.67. The van der Waals surface area contributed by atoms with Crippen molar-refractivity contribution in [2.75, 3.05) is 14.1 Å². The molecule has 7 heteroatoms. The summed E-state index contributed by atoms with van der Waals surface area (Å²) in [7, 11) is 3.06. The third kappa shape index (κ3) is 1.10. The summed E-state index contributed by atoms with van der Waals surface area (Å²) in [6.45, 7) is 1.78. The SMILES string of the molecule is Cc1c[n+]2c(o1)N=C1C2C(=O)N(C)C(=O)N1C. The van der Waals surface area contributed by atoms with E-state index >= 15 is 0 Å². The van der Waals surface area contributed by atoms with Gasteiger partial charge in [0.2, 0.25) is 0 Å². The number of carbonyl (C=O) groups excluding carboxylic acids is 2. The van der Waals surface area contributed by atoms with Gasteiger partial charge >= 0.3 is 12.0 Å². The van der Waals surface area contributed by atoms with E-state index in [1.165, 1.54) is 11.9 Å². The predicted octanol–water partition coefficient (Wildman–Crippen LogP) is -0.0160. The fourth-order valence-electron chi connectivity index (χ4n) is 2.11. The number of fused-ring (bicyclic) bond motifs is 3. The van der Waals surface area contributed by atoms with Crippen molar-refractivity contribution >= 4 is 23.8 Å². The van der Waals surface area contributed by atoms with Gasteiger partial charge < -0.3 is 4.42 Å². The Morgan fingerprint density at radius 3 is 2.76 bits per heavy atom. The molecule has 0 N–H and O–H groups in total. The lowest BCUT2D eigenvalue weighted by Crippen LogP contribution is -2.61. The second-order valence-electron chi connectivity index (χ2n) is 4.14. The molecular weight excluding hydrogens is 224 g/mol. The fraction of sp³-hybridized carbons (Fsp3) is 0.400. The van der Waals surface area contributed by atoms with Crippen LogP contribution in [0.1, 0.15) is 11.8 Å². The van der Waals surface area contributed by atoms with Gasteiger partial charge in [-0.3, -0.25) is 14.6 Å². The zero-order valence-electron chi connectivity index (χ0n) is 9.67. The molecule has 1 saturated heterocycles. The van der Waals surface area contributed by atoms with Crippen molar-refractivity contribution in [1.29, 1.82) is 0 Å². The number of amides is 3. The number of imide groups is 1. The van der Waals surface area contributed by atoms with Crippen LogP contribution in [0.5, 0.6) is 0 Å². The zero-order chi connectivity index (χ0) is 12.3. The lowest BCUT2D eigenvalue weighted by atomic mass is 10.2. The first-order chi connectivity index (χ1) is 8.00. The van der Waals surface area contributed by atoms with E-state index in [1.54, 1.807) is 24.7 Å². The van der Waals surface area contributed by atoms with E-state index in [-0.39, 0.29) is 11.9 Å². The van der Waals surface area contributed by atoms with Crippen LogP contribution in [0, 0.1) is 6.92 Å². The van der Waals surface area contributed by atoms with E-state index in [0.717, 1.165) is 4.90 Å².